The van der Waals surface area contributed by atoms with Crippen LogP contribution in [0.4, 0.5) is 0 Å². The second-order valence-corrected chi connectivity index (χ2v) is 4.83. The smallest absolute Gasteiger partial charge is 0.303 e. The average Bonchev–Trinajstić information content (AvgIpc) is 2.46. The van der Waals surface area contributed by atoms with Crippen molar-refractivity contribution in [2.24, 2.45) is 0 Å². The zero-order valence-electron chi connectivity index (χ0n) is 12.1. The SMILES string of the molecule is COc1ccc([C@@H]2C=C[C@@H](OC(C)=O)CC2)cc1OC. The third-order valence-electron chi connectivity index (χ3n) is 3.47. The summed E-state index contributed by atoms with van der Waals surface area (Å²) in [5.74, 6) is 1.56. The van der Waals surface area contributed by atoms with Crippen LogP contribution in [-0.2, 0) is 9.53 Å². The van der Waals surface area contributed by atoms with Crippen LogP contribution in [0, 0.1) is 0 Å². The first-order chi connectivity index (χ1) is 9.63. The lowest BCUT2D eigenvalue weighted by Gasteiger charge is -2.23. The Bertz CT molecular complexity index is 507. The van der Waals surface area contributed by atoms with Crippen molar-refractivity contribution in [1.82, 2.24) is 0 Å². The van der Waals surface area contributed by atoms with Gasteiger partial charge in [-0.05, 0) is 36.6 Å². The third-order valence-corrected chi connectivity index (χ3v) is 3.47. The molecular formula is C16H20O4. The van der Waals surface area contributed by atoms with Crippen LogP contribution in [0.5, 0.6) is 11.5 Å². The van der Waals surface area contributed by atoms with E-state index in [9.17, 15) is 4.79 Å². The van der Waals surface area contributed by atoms with Gasteiger partial charge < -0.3 is 14.2 Å². The van der Waals surface area contributed by atoms with Gasteiger partial charge in [-0.3, -0.25) is 4.79 Å². The van der Waals surface area contributed by atoms with Gasteiger partial charge in [0.05, 0.1) is 14.2 Å². The van der Waals surface area contributed by atoms with Crippen LogP contribution in [0.15, 0.2) is 30.4 Å². The number of rotatable bonds is 4. The van der Waals surface area contributed by atoms with Crippen LogP contribution in [-0.4, -0.2) is 26.3 Å². The Labute approximate surface area is 119 Å². The molecule has 0 saturated carbocycles. The van der Waals surface area contributed by atoms with Gasteiger partial charge in [0.15, 0.2) is 11.5 Å². The summed E-state index contributed by atoms with van der Waals surface area (Å²) >= 11 is 0. The highest BCUT2D eigenvalue weighted by molar-refractivity contribution is 5.66. The largest absolute Gasteiger partial charge is 0.493 e. The minimum absolute atomic E-state index is 0.0936. The lowest BCUT2D eigenvalue weighted by atomic mass is 9.88. The lowest BCUT2D eigenvalue weighted by molar-refractivity contribution is -0.144. The summed E-state index contributed by atoms with van der Waals surface area (Å²) < 4.78 is 15.7. The van der Waals surface area contributed by atoms with Gasteiger partial charge in [-0.2, -0.15) is 0 Å². The van der Waals surface area contributed by atoms with E-state index in [0.717, 1.165) is 24.3 Å². The molecule has 0 unspecified atom stereocenters. The van der Waals surface area contributed by atoms with Gasteiger partial charge in [-0.15, -0.1) is 0 Å². The number of hydrogen-bond donors (Lipinski definition) is 0. The molecule has 2 rings (SSSR count). The maximum atomic E-state index is 10.9. The zero-order chi connectivity index (χ0) is 14.5. The van der Waals surface area contributed by atoms with Gasteiger partial charge in [0.1, 0.15) is 6.10 Å². The maximum absolute atomic E-state index is 10.9. The van der Waals surface area contributed by atoms with E-state index in [4.69, 9.17) is 14.2 Å². The van der Waals surface area contributed by atoms with Crippen molar-refractivity contribution < 1.29 is 19.0 Å². The minimum Gasteiger partial charge on any atom is -0.493 e. The molecule has 0 saturated heterocycles. The fraction of sp³-hybridized carbons (Fsp3) is 0.438. The summed E-state index contributed by atoms with van der Waals surface area (Å²) in [6.07, 6.45) is 5.76. The number of hydrogen-bond acceptors (Lipinski definition) is 4. The van der Waals surface area contributed by atoms with E-state index in [2.05, 4.69) is 6.08 Å². The predicted octanol–water partition coefficient (Wildman–Crippen LogP) is 3.07. The van der Waals surface area contributed by atoms with Gasteiger partial charge in [0.25, 0.3) is 0 Å². The molecule has 1 aliphatic carbocycles. The second kappa shape index (κ2) is 6.46. The van der Waals surface area contributed by atoms with E-state index in [-0.39, 0.29) is 12.1 Å². The molecule has 1 aliphatic rings. The molecule has 1 aromatic carbocycles. The Kier molecular flexibility index (Phi) is 4.66. The highest BCUT2D eigenvalue weighted by Crippen LogP contribution is 2.34. The minimum atomic E-state index is -0.232. The lowest BCUT2D eigenvalue weighted by Crippen LogP contribution is -2.18. The van der Waals surface area contributed by atoms with Gasteiger partial charge >= 0.3 is 5.97 Å². The van der Waals surface area contributed by atoms with Gasteiger partial charge in [-0.25, -0.2) is 0 Å². The summed E-state index contributed by atoms with van der Waals surface area (Å²) in [5.41, 5.74) is 1.18. The molecule has 1 aromatic rings. The highest BCUT2D eigenvalue weighted by Gasteiger charge is 2.20. The van der Waals surface area contributed by atoms with Gasteiger partial charge in [0, 0.05) is 12.8 Å². The van der Waals surface area contributed by atoms with Gasteiger partial charge in [0.2, 0.25) is 0 Å². The molecule has 0 radical (unpaired) electrons. The molecule has 0 fully saturated rings. The standard InChI is InChI=1S/C16H20O4/c1-11(17)20-14-7-4-12(5-8-14)13-6-9-15(18-2)16(10-13)19-3/h4,6-7,9-10,12,14H,5,8H2,1-3H3/t12-,14-/m1/s1. The summed E-state index contributed by atoms with van der Waals surface area (Å²) in [5, 5.41) is 0. The number of benzene rings is 1. The quantitative estimate of drug-likeness (QED) is 0.626. The average molecular weight is 276 g/mol. The fourth-order valence-electron chi connectivity index (χ4n) is 2.47. The number of methoxy groups -OCH3 is 2. The van der Waals surface area contributed by atoms with Crippen molar-refractivity contribution in [1.29, 1.82) is 0 Å². The number of esters is 1. The zero-order valence-corrected chi connectivity index (χ0v) is 12.1. The van der Waals surface area contributed by atoms with E-state index >= 15 is 0 Å². The number of carbonyl (C=O) groups is 1. The molecule has 0 heterocycles. The van der Waals surface area contributed by atoms with E-state index < -0.39 is 0 Å². The first-order valence-corrected chi connectivity index (χ1v) is 6.71. The van der Waals surface area contributed by atoms with Crippen LogP contribution >= 0.6 is 0 Å². The van der Waals surface area contributed by atoms with Crippen molar-refractivity contribution in [3.63, 3.8) is 0 Å². The summed E-state index contributed by atoms with van der Waals surface area (Å²) in [6, 6.07) is 5.96. The van der Waals surface area contributed by atoms with E-state index in [0.29, 0.717) is 5.92 Å². The molecule has 0 amide bonds. The Hall–Kier alpha value is -1.97. The van der Waals surface area contributed by atoms with Crippen LogP contribution in [0.25, 0.3) is 0 Å². The highest BCUT2D eigenvalue weighted by atomic mass is 16.5. The van der Waals surface area contributed by atoms with Crippen molar-refractivity contribution in [2.75, 3.05) is 14.2 Å². The molecule has 0 aliphatic heterocycles. The van der Waals surface area contributed by atoms with Crippen molar-refractivity contribution in [2.45, 2.75) is 31.8 Å². The molecule has 20 heavy (non-hydrogen) atoms. The van der Waals surface area contributed by atoms with Crippen LogP contribution in [0.2, 0.25) is 0 Å². The molecule has 0 spiro atoms. The Morgan fingerprint density at radius 2 is 1.85 bits per heavy atom. The van der Waals surface area contributed by atoms with E-state index in [1.54, 1.807) is 14.2 Å². The van der Waals surface area contributed by atoms with E-state index in [1.807, 2.05) is 24.3 Å². The summed E-state index contributed by atoms with van der Waals surface area (Å²) in [7, 11) is 3.26. The monoisotopic (exact) mass is 276 g/mol. The third kappa shape index (κ3) is 3.32. The second-order valence-electron chi connectivity index (χ2n) is 4.83. The number of carbonyl (C=O) groups excluding carboxylic acids is 1. The molecule has 0 N–H and O–H groups in total. The topological polar surface area (TPSA) is 44.8 Å². The Balaban J connectivity index is 2.11. The normalized spacial score (nSPS) is 21.4. The van der Waals surface area contributed by atoms with Crippen molar-refractivity contribution >= 4 is 5.97 Å². The Morgan fingerprint density at radius 1 is 1.10 bits per heavy atom. The van der Waals surface area contributed by atoms with Crippen LogP contribution in [0.1, 0.15) is 31.2 Å². The first kappa shape index (κ1) is 14.4. The maximum Gasteiger partial charge on any atom is 0.303 e. The molecular weight excluding hydrogens is 256 g/mol. The number of ether oxygens (including phenoxy) is 3. The molecule has 4 nitrogen and oxygen atoms in total. The predicted molar refractivity (Wildman–Crippen MR) is 76.2 cm³/mol. The molecule has 0 bridgehead atoms. The molecule has 0 aromatic heterocycles. The van der Waals surface area contributed by atoms with Crippen LogP contribution in [0.3, 0.4) is 0 Å². The van der Waals surface area contributed by atoms with Crippen molar-refractivity contribution in [3.05, 3.63) is 35.9 Å². The summed E-state index contributed by atoms with van der Waals surface area (Å²) in [4.78, 5) is 10.9. The fourth-order valence-corrected chi connectivity index (χ4v) is 2.47. The van der Waals surface area contributed by atoms with Gasteiger partial charge in [-0.1, -0.05) is 12.1 Å². The molecule has 108 valence electrons. The molecule has 2 atom stereocenters. The summed E-state index contributed by atoms with van der Waals surface area (Å²) in [6.45, 7) is 1.44. The Morgan fingerprint density at radius 3 is 2.40 bits per heavy atom. The van der Waals surface area contributed by atoms with E-state index in [1.165, 1.54) is 12.5 Å². The van der Waals surface area contributed by atoms with Crippen molar-refractivity contribution in [3.8, 4) is 11.5 Å². The number of allylic oxidation sites excluding steroid dienone is 1. The van der Waals surface area contributed by atoms with Crippen LogP contribution < -0.4 is 9.47 Å². The molecule has 4 heteroatoms. The first-order valence-electron chi connectivity index (χ1n) is 6.71.